The molecule has 2 heterocycles. The van der Waals surface area contributed by atoms with Gasteiger partial charge in [0.15, 0.2) is 0 Å². The van der Waals surface area contributed by atoms with Crippen LogP contribution < -0.4 is 5.32 Å². The molecule has 0 saturated carbocycles. The molecule has 1 saturated heterocycles. The number of nitrogens with zero attached hydrogens (tertiary/aromatic N) is 2. The third-order valence-corrected chi connectivity index (χ3v) is 3.91. The molecule has 0 aliphatic carbocycles. The topological polar surface area (TPSA) is 28.2 Å². The van der Waals surface area contributed by atoms with Crippen molar-refractivity contribution >= 4 is 0 Å². The number of aryl methyl sites for hydroxylation is 1. The standard InChI is InChI=1S/C17H21N3/c1-14-3-2-4-15(11-14)13-20-10-9-19-12-17(20)16-5-7-18-8-6-16/h2-8,11,17,19H,9-10,12-13H2,1H3. The van der Waals surface area contributed by atoms with Crippen molar-refractivity contribution in [3.8, 4) is 0 Å². The lowest BCUT2D eigenvalue weighted by Crippen LogP contribution is -2.45. The Labute approximate surface area is 120 Å². The molecule has 1 unspecified atom stereocenters. The Hall–Kier alpha value is -1.71. The number of benzene rings is 1. The van der Waals surface area contributed by atoms with Crippen LogP contribution in [0.15, 0.2) is 48.8 Å². The zero-order chi connectivity index (χ0) is 13.8. The molecule has 1 atom stereocenters. The largest absolute Gasteiger partial charge is 0.314 e. The van der Waals surface area contributed by atoms with Crippen molar-refractivity contribution < 1.29 is 0 Å². The third-order valence-electron chi connectivity index (χ3n) is 3.91. The minimum atomic E-state index is 0.437. The first-order valence-electron chi connectivity index (χ1n) is 7.23. The van der Waals surface area contributed by atoms with Crippen LogP contribution in [0.5, 0.6) is 0 Å². The molecule has 1 aromatic carbocycles. The van der Waals surface area contributed by atoms with Gasteiger partial charge < -0.3 is 5.32 Å². The Morgan fingerprint density at radius 1 is 1.25 bits per heavy atom. The van der Waals surface area contributed by atoms with Gasteiger partial charge >= 0.3 is 0 Å². The van der Waals surface area contributed by atoms with E-state index in [0.717, 1.165) is 26.2 Å². The molecule has 2 aromatic rings. The second-order valence-corrected chi connectivity index (χ2v) is 5.46. The zero-order valence-corrected chi connectivity index (χ0v) is 11.9. The van der Waals surface area contributed by atoms with E-state index in [-0.39, 0.29) is 0 Å². The highest BCUT2D eigenvalue weighted by atomic mass is 15.2. The van der Waals surface area contributed by atoms with Gasteiger partial charge in [0, 0.05) is 44.6 Å². The number of piperazine rings is 1. The molecule has 0 amide bonds. The van der Waals surface area contributed by atoms with Crippen molar-refractivity contribution in [2.24, 2.45) is 0 Å². The van der Waals surface area contributed by atoms with Crippen LogP contribution in [0, 0.1) is 6.92 Å². The van der Waals surface area contributed by atoms with Crippen molar-refractivity contribution in [3.05, 3.63) is 65.5 Å². The van der Waals surface area contributed by atoms with Crippen LogP contribution in [0.1, 0.15) is 22.7 Å². The number of nitrogens with one attached hydrogen (secondary N) is 1. The summed E-state index contributed by atoms with van der Waals surface area (Å²) in [6, 6.07) is 13.5. The molecule has 104 valence electrons. The van der Waals surface area contributed by atoms with E-state index in [1.807, 2.05) is 12.4 Å². The molecule has 1 N–H and O–H groups in total. The van der Waals surface area contributed by atoms with Gasteiger partial charge in [-0.05, 0) is 30.2 Å². The van der Waals surface area contributed by atoms with Gasteiger partial charge in [-0.2, -0.15) is 0 Å². The zero-order valence-electron chi connectivity index (χ0n) is 11.9. The fourth-order valence-corrected chi connectivity index (χ4v) is 2.89. The first-order chi connectivity index (χ1) is 9.83. The third kappa shape index (κ3) is 3.06. The highest BCUT2D eigenvalue weighted by molar-refractivity contribution is 5.23. The fourth-order valence-electron chi connectivity index (χ4n) is 2.89. The van der Waals surface area contributed by atoms with Crippen LogP contribution in [0.2, 0.25) is 0 Å². The van der Waals surface area contributed by atoms with Gasteiger partial charge in [0.05, 0.1) is 0 Å². The summed E-state index contributed by atoms with van der Waals surface area (Å²) in [6.45, 7) is 6.32. The Bertz CT molecular complexity index is 553. The lowest BCUT2D eigenvalue weighted by Gasteiger charge is -2.36. The maximum absolute atomic E-state index is 4.12. The molecule has 0 bridgehead atoms. The van der Waals surface area contributed by atoms with Crippen LogP contribution in [-0.4, -0.2) is 29.5 Å². The Morgan fingerprint density at radius 2 is 2.10 bits per heavy atom. The Balaban J connectivity index is 1.79. The Kier molecular flexibility index (Phi) is 4.09. The van der Waals surface area contributed by atoms with E-state index in [1.165, 1.54) is 16.7 Å². The molecule has 1 aliphatic heterocycles. The first kappa shape index (κ1) is 13.3. The number of hydrogen-bond acceptors (Lipinski definition) is 3. The highest BCUT2D eigenvalue weighted by Gasteiger charge is 2.23. The average Bonchev–Trinajstić information content (AvgIpc) is 2.49. The van der Waals surface area contributed by atoms with Gasteiger partial charge in [0.1, 0.15) is 0 Å². The summed E-state index contributed by atoms with van der Waals surface area (Å²) >= 11 is 0. The predicted octanol–water partition coefficient (Wildman–Crippen LogP) is 2.54. The van der Waals surface area contributed by atoms with Crippen molar-refractivity contribution in [1.82, 2.24) is 15.2 Å². The first-order valence-corrected chi connectivity index (χ1v) is 7.23. The van der Waals surface area contributed by atoms with Gasteiger partial charge in [-0.1, -0.05) is 29.8 Å². The Morgan fingerprint density at radius 3 is 2.90 bits per heavy atom. The summed E-state index contributed by atoms with van der Waals surface area (Å²) in [5.41, 5.74) is 4.07. The van der Waals surface area contributed by atoms with Crippen molar-refractivity contribution in [2.75, 3.05) is 19.6 Å². The number of aromatic nitrogens is 1. The molecule has 1 aliphatic rings. The summed E-state index contributed by atoms with van der Waals surface area (Å²) in [5, 5.41) is 3.50. The molecule has 0 radical (unpaired) electrons. The van der Waals surface area contributed by atoms with Crippen LogP contribution in [-0.2, 0) is 6.54 Å². The van der Waals surface area contributed by atoms with Gasteiger partial charge in [-0.3, -0.25) is 9.88 Å². The molecule has 0 spiro atoms. The smallest absolute Gasteiger partial charge is 0.0477 e. The molecule has 3 rings (SSSR count). The molecular formula is C17H21N3. The molecule has 20 heavy (non-hydrogen) atoms. The number of rotatable bonds is 3. The van der Waals surface area contributed by atoms with E-state index < -0.39 is 0 Å². The lowest BCUT2D eigenvalue weighted by molar-refractivity contribution is 0.153. The van der Waals surface area contributed by atoms with E-state index in [2.05, 4.69) is 58.5 Å². The highest BCUT2D eigenvalue weighted by Crippen LogP contribution is 2.23. The molecular weight excluding hydrogens is 246 g/mol. The minimum Gasteiger partial charge on any atom is -0.314 e. The van der Waals surface area contributed by atoms with Crippen molar-refractivity contribution in [2.45, 2.75) is 19.5 Å². The average molecular weight is 267 g/mol. The van der Waals surface area contributed by atoms with E-state index in [0.29, 0.717) is 6.04 Å². The van der Waals surface area contributed by atoms with Gasteiger partial charge in [-0.25, -0.2) is 0 Å². The fraction of sp³-hybridized carbons (Fsp3) is 0.353. The van der Waals surface area contributed by atoms with Crippen LogP contribution in [0.3, 0.4) is 0 Å². The van der Waals surface area contributed by atoms with Crippen molar-refractivity contribution in [1.29, 1.82) is 0 Å². The van der Waals surface area contributed by atoms with Gasteiger partial charge in [-0.15, -0.1) is 0 Å². The quantitative estimate of drug-likeness (QED) is 0.926. The van der Waals surface area contributed by atoms with E-state index >= 15 is 0 Å². The van der Waals surface area contributed by atoms with Crippen molar-refractivity contribution in [3.63, 3.8) is 0 Å². The normalized spacial score (nSPS) is 19.9. The lowest BCUT2D eigenvalue weighted by atomic mass is 10.0. The minimum absolute atomic E-state index is 0.437. The van der Waals surface area contributed by atoms with Gasteiger partial charge in [0.25, 0.3) is 0 Å². The summed E-state index contributed by atoms with van der Waals surface area (Å²) in [4.78, 5) is 6.68. The van der Waals surface area contributed by atoms with E-state index in [1.54, 1.807) is 0 Å². The second-order valence-electron chi connectivity index (χ2n) is 5.46. The maximum Gasteiger partial charge on any atom is 0.0477 e. The summed E-state index contributed by atoms with van der Waals surface area (Å²) in [6.07, 6.45) is 3.77. The van der Waals surface area contributed by atoms with Gasteiger partial charge in [0.2, 0.25) is 0 Å². The van der Waals surface area contributed by atoms with Crippen LogP contribution in [0.25, 0.3) is 0 Å². The number of pyridine rings is 1. The molecule has 3 heteroatoms. The summed E-state index contributed by atoms with van der Waals surface area (Å²) in [7, 11) is 0. The maximum atomic E-state index is 4.12. The van der Waals surface area contributed by atoms with Crippen LogP contribution >= 0.6 is 0 Å². The molecule has 3 nitrogen and oxygen atoms in total. The predicted molar refractivity (Wildman–Crippen MR) is 81.4 cm³/mol. The second kappa shape index (κ2) is 6.16. The SMILES string of the molecule is Cc1cccc(CN2CCNCC2c2ccncc2)c1. The van der Waals surface area contributed by atoms with E-state index in [4.69, 9.17) is 0 Å². The monoisotopic (exact) mass is 267 g/mol. The number of hydrogen-bond donors (Lipinski definition) is 1. The summed E-state index contributed by atoms with van der Waals surface area (Å²) in [5.74, 6) is 0. The van der Waals surface area contributed by atoms with E-state index in [9.17, 15) is 0 Å². The van der Waals surface area contributed by atoms with Crippen LogP contribution in [0.4, 0.5) is 0 Å². The molecule has 1 fully saturated rings. The molecule has 1 aromatic heterocycles. The summed E-state index contributed by atoms with van der Waals surface area (Å²) < 4.78 is 0.